The Hall–Kier alpha value is -4.27. The van der Waals surface area contributed by atoms with Crippen molar-refractivity contribution in [2.75, 3.05) is 19.1 Å². The number of benzene rings is 3. The van der Waals surface area contributed by atoms with E-state index in [-0.39, 0.29) is 17.9 Å². The van der Waals surface area contributed by atoms with Crippen molar-refractivity contribution in [3.8, 4) is 16.9 Å². The molecule has 1 heterocycles. The molecule has 0 saturated heterocycles. The number of ether oxygens (including phenoxy) is 1. The standard InChI is InChI=1S/C27H25F2N3O4/c1-15(30-24(33)12-16-10-17(28)13-18(29)11-16)26(34)31-25-21-7-5-4-6-20(21)22-14-19(36-3)8-9-23(22)32(2)27(25)35/h4-11,13-15,25H,12H2,1-3H3,(H,30,33)(H,31,34)/t15-,25?/m0/s1. The lowest BCUT2D eigenvalue weighted by molar-refractivity contribution is -0.130. The Bertz CT molecular complexity index is 1320. The van der Waals surface area contributed by atoms with E-state index in [1.165, 1.54) is 11.8 Å². The van der Waals surface area contributed by atoms with Gasteiger partial charge in [0.1, 0.15) is 29.5 Å². The number of likely N-dealkylation sites (N-methyl/N-ethyl adjacent to an activating group) is 1. The lowest BCUT2D eigenvalue weighted by Gasteiger charge is -2.24. The highest BCUT2D eigenvalue weighted by molar-refractivity contribution is 6.06. The van der Waals surface area contributed by atoms with E-state index in [1.54, 1.807) is 38.4 Å². The van der Waals surface area contributed by atoms with Crippen LogP contribution in [0.3, 0.4) is 0 Å². The topological polar surface area (TPSA) is 87.7 Å². The van der Waals surface area contributed by atoms with Crippen molar-refractivity contribution < 1.29 is 27.9 Å². The monoisotopic (exact) mass is 493 g/mol. The van der Waals surface area contributed by atoms with Crippen LogP contribution in [0.5, 0.6) is 5.75 Å². The molecular formula is C27H25F2N3O4. The van der Waals surface area contributed by atoms with Crippen LogP contribution in [0.4, 0.5) is 14.5 Å². The normalized spacial score (nSPS) is 15.3. The van der Waals surface area contributed by atoms with E-state index < -0.39 is 35.5 Å². The second kappa shape index (κ2) is 10.2. The lowest BCUT2D eigenvalue weighted by Crippen LogP contribution is -2.49. The van der Waals surface area contributed by atoms with E-state index in [2.05, 4.69) is 10.6 Å². The zero-order chi connectivity index (χ0) is 26.0. The first-order valence-corrected chi connectivity index (χ1v) is 11.3. The molecular weight excluding hydrogens is 468 g/mol. The molecule has 4 rings (SSSR count). The molecule has 3 aromatic rings. The van der Waals surface area contributed by atoms with E-state index in [0.717, 1.165) is 23.3 Å². The van der Waals surface area contributed by atoms with Crippen LogP contribution >= 0.6 is 0 Å². The Morgan fingerprint density at radius 3 is 2.42 bits per heavy atom. The summed E-state index contributed by atoms with van der Waals surface area (Å²) in [5, 5.41) is 5.27. The number of carbonyl (C=O) groups is 3. The predicted molar refractivity (Wildman–Crippen MR) is 130 cm³/mol. The van der Waals surface area contributed by atoms with Gasteiger partial charge in [0.2, 0.25) is 11.8 Å². The molecule has 0 spiro atoms. The summed E-state index contributed by atoms with van der Waals surface area (Å²) in [6.07, 6.45) is -0.308. The Morgan fingerprint density at radius 2 is 1.72 bits per heavy atom. The average Bonchev–Trinajstić information content (AvgIpc) is 2.92. The average molecular weight is 494 g/mol. The van der Waals surface area contributed by atoms with Gasteiger partial charge < -0.3 is 20.3 Å². The Labute approximate surface area is 207 Å². The van der Waals surface area contributed by atoms with Gasteiger partial charge in [-0.1, -0.05) is 24.3 Å². The summed E-state index contributed by atoms with van der Waals surface area (Å²) in [5.74, 6) is -2.49. The summed E-state index contributed by atoms with van der Waals surface area (Å²) in [6.45, 7) is 1.47. The molecule has 1 aliphatic heterocycles. The maximum Gasteiger partial charge on any atom is 0.253 e. The molecule has 3 aromatic carbocycles. The molecule has 0 radical (unpaired) electrons. The molecule has 0 aliphatic carbocycles. The third-order valence-corrected chi connectivity index (χ3v) is 6.05. The Balaban J connectivity index is 1.55. The number of rotatable bonds is 6. The first-order valence-electron chi connectivity index (χ1n) is 11.3. The van der Waals surface area contributed by atoms with Crippen molar-refractivity contribution in [3.63, 3.8) is 0 Å². The number of halogens is 2. The van der Waals surface area contributed by atoms with Gasteiger partial charge in [-0.15, -0.1) is 0 Å². The van der Waals surface area contributed by atoms with Crippen LogP contribution in [0.15, 0.2) is 60.7 Å². The maximum absolute atomic E-state index is 13.4. The highest BCUT2D eigenvalue weighted by Gasteiger charge is 2.34. The fraction of sp³-hybridized carbons (Fsp3) is 0.222. The molecule has 0 fully saturated rings. The van der Waals surface area contributed by atoms with Crippen molar-refractivity contribution in [2.24, 2.45) is 0 Å². The zero-order valence-electron chi connectivity index (χ0n) is 20.0. The third kappa shape index (κ3) is 5.05. The first-order chi connectivity index (χ1) is 17.2. The number of amides is 3. The number of hydrogen-bond donors (Lipinski definition) is 2. The van der Waals surface area contributed by atoms with Crippen LogP contribution in [-0.4, -0.2) is 37.9 Å². The molecule has 36 heavy (non-hydrogen) atoms. The minimum absolute atomic E-state index is 0.139. The molecule has 9 heteroatoms. The minimum Gasteiger partial charge on any atom is -0.497 e. The van der Waals surface area contributed by atoms with Crippen molar-refractivity contribution in [3.05, 3.63) is 83.4 Å². The predicted octanol–water partition coefficient (Wildman–Crippen LogP) is 3.52. The van der Waals surface area contributed by atoms with Crippen LogP contribution in [0.2, 0.25) is 0 Å². The number of hydrogen-bond acceptors (Lipinski definition) is 4. The smallest absolute Gasteiger partial charge is 0.253 e. The summed E-state index contributed by atoms with van der Waals surface area (Å²) in [4.78, 5) is 40.3. The van der Waals surface area contributed by atoms with Crippen molar-refractivity contribution in [1.82, 2.24) is 10.6 Å². The first kappa shape index (κ1) is 24.8. The number of fused-ring (bicyclic) bond motifs is 3. The number of nitrogens with zero attached hydrogens (tertiary/aromatic N) is 1. The van der Waals surface area contributed by atoms with Crippen molar-refractivity contribution in [1.29, 1.82) is 0 Å². The fourth-order valence-electron chi connectivity index (χ4n) is 4.25. The molecule has 0 saturated carbocycles. The van der Waals surface area contributed by atoms with Crippen molar-refractivity contribution >= 4 is 23.4 Å². The van der Waals surface area contributed by atoms with E-state index in [1.807, 2.05) is 18.2 Å². The van der Waals surface area contributed by atoms with Crippen molar-refractivity contribution in [2.45, 2.75) is 25.4 Å². The third-order valence-electron chi connectivity index (χ3n) is 6.05. The highest BCUT2D eigenvalue weighted by atomic mass is 19.1. The molecule has 2 atom stereocenters. The van der Waals surface area contributed by atoms with Gasteiger partial charge in [-0.3, -0.25) is 14.4 Å². The quantitative estimate of drug-likeness (QED) is 0.550. The van der Waals surface area contributed by atoms with Gasteiger partial charge in [0.05, 0.1) is 19.2 Å². The molecule has 2 N–H and O–H groups in total. The largest absolute Gasteiger partial charge is 0.497 e. The van der Waals surface area contributed by atoms with Crippen LogP contribution in [-0.2, 0) is 20.8 Å². The van der Waals surface area contributed by atoms with E-state index >= 15 is 0 Å². The molecule has 7 nitrogen and oxygen atoms in total. The second-order valence-electron chi connectivity index (χ2n) is 8.55. The summed E-state index contributed by atoms with van der Waals surface area (Å²) in [6, 6.07) is 13.4. The van der Waals surface area contributed by atoms with Crippen LogP contribution in [0.1, 0.15) is 24.1 Å². The summed E-state index contributed by atoms with van der Waals surface area (Å²) in [5.41, 5.74) is 2.94. The Kier molecular flexibility index (Phi) is 7.00. The van der Waals surface area contributed by atoms with Crippen LogP contribution in [0, 0.1) is 11.6 Å². The van der Waals surface area contributed by atoms with Gasteiger partial charge in [-0.2, -0.15) is 0 Å². The molecule has 1 unspecified atom stereocenters. The molecule has 3 amide bonds. The lowest BCUT2D eigenvalue weighted by atomic mass is 9.95. The number of methoxy groups -OCH3 is 1. The van der Waals surface area contributed by atoms with Gasteiger partial charge in [-0.05, 0) is 53.9 Å². The highest BCUT2D eigenvalue weighted by Crippen LogP contribution is 2.41. The minimum atomic E-state index is -1.01. The second-order valence-corrected chi connectivity index (χ2v) is 8.55. The van der Waals surface area contributed by atoms with Gasteiger partial charge in [0.25, 0.3) is 5.91 Å². The van der Waals surface area contributed by atoms with Gasteiger partial charge in [-0.25, -0.2) is 8.78 Å². The molecule has 186 valence electrons. The van der Waals surface area contributed by atoms with E-state index in [0.29, 0.717) is 23.1 Å². The number of anilines is 1. The summed E-state index contributed by atoms with van der Waals surface area (Å²) in [7, 11) is 3.19. The maximum atomic E-state index is 13.4. The number of nitrogens with one attached hydrogen (secondary N) is 2. The molecule has 0 bridgehead atoms. The number of carbonyl (C=O) groups excluding carboxylic acids is 3. The van der Waals surface area contributed by atoms with Crippen LogP contribution < -0.4 is 20.3 Å². The van der Waals surface area contributed by atoms with Gasteiger partial charge in [0, 0.05) is 18.7 Å². The van der Waals surface area contributed by atoms with E-state index in [4.69, 9.17) is 4.74 Å². The molecule has 1 aliphatic rings. The van der Waals surface area contributed by atoms with Gasteiger partial charge in [0.15, 0.2) is 0 Å². The van der Waals surface area contributed by atoms with E-state index in [9.17, 15) is 23.2 Å². The van der Waals surface area contributed by atoms with Gasteiger partial charge >= 0.3 is 0 Å². The van der Waals surface area contributed by atoms with Crippen LogP contribution in [0.25, 0.3) is 11.1 Å². The fourth-order valence-corrected chi connectivity index (χ4v) is 4.25. The SMILES string of the molecule is COc1ccc2c(c1)-c1ccccc1C(NC(=O)[C@H](C)NC(=O)Cc1cc(F)cc(F)c1)C(=O)N2C. The Morgan fingerprint density at radius 1 is 1.03 bits per heavy atom. The molecule has 0 aromatic heterocycles. The summed E-state index contributed by atoms with van der Waals surface area (Å²) >= 11 is 0. The zero-order valence-corrected chi connectivity index (χ0v) is 20.0. The summed E-state index contributed by atoms with van der Waals surface area (Å²) < 4.78 is 32.2.